The zero-order valence-corrected chi connectivity index (χ0v) is 19.3. The summed E-state index contributed by atoms with van der Waals surface area (Å²) in [6.07, 6.45) is 5.04. The summed E-state index contributed by atoms with van der Waals surface area (Å²) < 4.78 is 73.5. The van der Waals surface area contributed by atoms with Gasteiger partial charge >= 0.3 is 6.18 Å². The molecule has 0 bridgehead atoms. The van der Waals surface area contributed by atoms with Gasteiger partial charge in [0, 0.05) is 42.2 Å². The number of fused-ring (bicyclic) bond motifs is 3. The Morgan fingerprint density at radius 1 is 1.21 bits per heavy atom. The Bertz CT molecular complexity index is 1010. The fraction of sp³-hybridized carbons (Fsp3) is 0.565. The number of rotatable bonds is 7. The zero-order valence-electron chi connectivity index (χ0n) is 18.4. The molecule has 1 saturated heterocycles. The minimum atomic E-state index is -4.45. The van der Waals surface area contributed by atoms with E-state index in [1.54, 1.807) is 7.05 Å². The first kappa shape index (κ1) is 24.3. The number of benzene rings is 1. The van der Waals surface area contributed by atoms with Gasteiger partial charge in [0.25, 0.3) is 0 Å². The van der Waals surface area contributed by atoms with Gasteiger partial charge in [-0.3, -0.25) is 0 Å². The van der Waals surface area contributed by atoms with Gasteiger partial charge in [-0.1, -0.05) is 24.3 Å². The molecule has 0 aromatic heterocycles. The summed E-state index contributed by atoms with van der Waals surface area (Å²) >= 11 is 0. The van der Waals surface area contributed by atoms with Crippen molar-refractivity contribution in [3.8, 4) is 0 Å². The predicted octanol–water partition coefficient (Wildman–Crippen LogP) is 3.61. The third-order valence-corrected chi connectivity index (χ3v) is 7.99. The molecule has 3 N–H and O–H groups in total. The van der Waals surface area contributed by atoms with E-state index >= 15 is 0 Å². The first-order valence-corrected chi connectivity index (χ1v) is 12.9. The second-order valence-corrected chi connectivity index (χ2v) is 10.8. The number of hydrogen-bond acceptors (Lipinski definition) is 5. The summed E-state index contributed by atoms with van der Waals surface area (Å²) in [4.78, 5) is 0. The van der Waals surface area contributed by atoms with Crippen molar-refractivity contribution in [1.29, 1.82) is 0 Å². The molecule has 0 amide bonds. The van der Waals surface area contributed by atoms with Crippen molar-refractivity contribution >= 4 is 15.7 Å². The van der Waals surface area contributed by atoms with Crippen LogP contribution >= 0.6 is 0 Å². The molecule has 0 saturated carbocycles. The molecule has 1 fully saturated rings. The van der Waals surface area contributed by atoms with Crippen LogP contribution in [0.3, 0.4) is 0 Å². The molecule has 10 heteroatoms. The second-order valence-electron chi connectivity index (χ2n) is 8.87. The second kappa shape index (κ2) is 9.77. The topological polar surface area (TPSA) is 79.5 Å². The fourth-order valence-electron chi connectivity index (χ4n) is 4.94. The molecule has 0 radical (unpaired) electrons. The quantitative estimate of drug-likeness (QED) is 0.550. The maximum absolute atomic E-state index is 13.4. The van der Waals surface area contributed by atoms with Gasteiger partial charge in [-0.25, -0.2) is 13.1 Å². The van der Waals surface area contributed by atoms with E-state index in [9.17, 15) is 21.6 Å². The van der Waals surface area contributed by atoms with Gasteiger partial charge in [-0.15, -0.1) is 0 Å². The lowest BCUT2D eigenvalue weighted by Gasteiger charge is -2.47. The molecule has 1 unspecified atom stereocenters. The van der Waals surface area contributed by atoms with Crippen LogP contribution in [0.4, 0.5) is 18.9 Å². The first-order valence-electron chi connectivity index (χ1n) is 11.3. The zero-order chi connectivity index (χ0) is 23.6. The number of nitrogens with one attached hydrogen (secondary N) is 3. The van der Waals surface area contributed by atoms with Crippen LogP contribution < -0.4 is 15.4 Å². The predicted molar refractivity (Wildman–Crippen MR) is 121 cm³/mol. The van der Waals surface area contributed by atoms with Crippen molar-refractivity contribution in [2.45, 2.75) is 43.7 Å². The monoisotopic (exact) mass is 485 g/mol. The molecule has 3 aliphatic rings. The number of ether oxygens (including phenoxy) is 1. The smallest absolute Gasteiger partial charge is 0.381 e. The number of sulfonamides is 1. The summed E-state index contributed by atoms with van der Waals surface area (Å²) in [5.74, 6) is 0.144. The third-order valence-electron chi connectivity index (χ3n) is 6.65. The molecule has 1 aliphatic carbocycles. The summed E-state index contributed by atoms with van der Waals surface area (Å²) in [7, 11) is -1.78. The van der Waals surface area contributed by atoms with E-state index in [-0.39, 0.29) is 30.2 Å². The van der Waals surface area contributed by atoms with Crippen LogP contribution in [0.5, 0.6) is 0 Å². The largest absolute Gasteiger partial charge is 0.416 e. The van der Waals surface area contributed by atoms with Crippen LogP contribution in [0, 0.1) is 11.8 Å². The van der Waals surface area contributed by atoms with Gasteiger partial charge in [-0.05, 0) is 44.5 Å². The van der Waals surface area contributed by atoms with Crippen molar-refractivity contribution < 1.29 is 26.3 Å². The van der Waals surface area contributed by atoms with Gasteiger partial charge in [0.05, 0.1) is 23.5 Å². The van der Waals surface area contributed by atoms with Crippen LogP contribution in [0.25, 0.3) is 0 Å². The Labute approximate surface area is 192 Å². The highest BCUT2D eigenvalue weighted by atomic mass is 32.2. The highest BCUT2D eigenvalue weighted by molar-refractivity contribution is 7.89. The van der Waals surface area contributed by atoms with Crippen molar-refractivity contribution in [3.05, 3.63) is 53.6 Å². The van der Waals surface area contributed by atoms with Crippen LogP contribution in [-0.2, 0) is 20.9 Å². The van der Waals surface area contributed by atoms with Crippen LogP contribution in [0.2, 0.25) is 0 Å². The Morgan fingerprint density at radius 3 is 2.73 bits per heavy atom. The first-order chi connectivity index (χ1) is 15.7. The van der Waals surface area contributed by atoms with Gasteiger partial charge in [0.15, 0.2) is 0 Å². The molecule has 4 rings (SSSR count). The highest BCUT2D eigenvalue weighted by Gasteiger charge is 2.45. The van der Waals surface area contributed by atoms with E-state index < -0.39 is 34.0 Å². The van der Waals surface area contributed by atoms with E-state index in [0.717, 1.165) is 18.9 Å². The summed E-state index contributed by atoms with van der Waals surface area (Å²) in [5.41, 5.74) is 0.427. The van der Waals surface area contributed by atoms with Crippen molar-refractivity contribution in [1.82, 2.24) is 10.0 Å². The van der Waals surface area contributed by atoms with Gasteiger partial charge in [0.2, 0.25) is 10.0 Å². The number of anilines is 1. The Kier molecular flexibility index (Phi) is 7.18. The van der Waals surface area contributed by atoms with Crippen molar-refractivity contribution in [2.75, 3.05) is 31.2 Å². The van der Waals surface area contributed by atoms with E-state index in [4.69, 9.17) is 4.74 Å². The standard InChI is InChI=1S/C23H30F3N3O3S/c1-27-11-12-33(30,31)28-14-17-8-9-18-21(15-5-3-2-4-6-15)29-20-10-7-16(23(24,25)26)13-19(20)22(18)32-17/h2-5,7,10,13,15,17-18,21-22,27-29H,6,8-9,11-12,14H2,1H3/t15?,17-,18+,21+,22+/m1/s1. The number of alkyl halides is 3. The fourth-order valence-corrected chi connectivity index (χ4v) is 6.00. The SMILES string of the molecule is CNCCS(=O)(=O)NC[C@H]1CC[C@@H]2[C@H](O1)c1cc(C(F)(F)F)ccc1N[C@H]2C1C=CC=CC1. The molecule has 33 heavy (non-hydrogen) atoms. The summed E-state index contributed by atoms with van der Waals surface area (Å²) in [5, 5.41) is 6.29. The lowest BCUT2D eigenvalue weighted by molar-refractivity contribution is -0.138. The lowest BCUT2D eigenvalue weighted by atomic mass is 9.73. The summed E-state index contributed by atoms with van der Waals surface area (Å²) in [6.45, 7) is 0.434. The van der Waals surface area contributed by atoms with E-state index in [1.807, 2.05) is 12.2 Å². The number of allylic oxidation sites excluding steroid dienone is 3. The maximum atomic E-state index is 13.4. The van der Waals surface area contributed by atoms with E-state index in [0.29, 0.717) is 24.2 Å². The van der Waals surface area contributed by atoms with Crippen molar-refractivity contribution in [2.24, 2.45) is 11.8 Å². The molecule has 1 aromatic rings. The molecule has 2 heterocycles. The Morgan fingerprint density at radius 2 is 2.03 bits per heavy atom. The molecular formula is C23H30F3N3O3S. The Hall–Kier alpha value is -1.88. The van der Waals surface area contributed by atoms with E-state index in [1.165, 1.54) is 12.1 Å². The molecule has 0 spiro atoms. The minimum absolute atomic E-state index is 0.0146. The third kappa shape index (κ3) is 5.62. The highest BCUT2D eigenvalue weighted by Crippen LogP contribution is 2.49. The van der Waals surface area contributed by atoms with Crippen LogP contribution in [0.15, 0.2) is 42.5 Å². The average molecular weight is 486 g/mol. The Balaban J connectivity index is 1.58. The average Bonchev–Trinajstić information content (AvgIpc) is 2.80. The van der Waals surface area contributed by atoms with Gasteiger partial charge in [0.1, 0.15) is 0 Å². The molecular weight excluding hydrogens is 455 g/mol. The molecule has 1 aromatic carbocycles. The number of hydrogen-bond donors (Lipinski definition) is 3. The lowest BCUT2D eigenvalue weighted by Crippen LogP contribution is -2.48. The number of halogens is 3. The van der Waals surface area contributed by atoms with Crippen LogP contribution in [-0.4, -0.2) is 46.5 Å². The molecule has 6 nitrogen and oxygen atoms in total. The minimum Gasteiger partial charge on any atom is -0.381 e. The molecule has 5 atom stereocenters. The van der Waals surface area contributed by atoms with Gasteiger partial charge in [-0.2, -0.15) is 13.2 Å². The maximum Gasteiger partial charge on any atom is 0.416 e. The van der Waals surface area contributed by atoms with Crippen LogP contribution in [0.1, 0.15) is 36.5 Å². The normalized spacial score (nSPS) is 29.3. The summed E-state index contributed by atoms with van der Waals surface area (Å²) in [6, 6.07) is 3.77. The van der Waals surface area contributed by atoms with E-state index in [2.05, 4.69) is 27.5 Å². The molecule has 2 aliphatic heterocycles. The van der Waals surface area contributed by atoms with Crippen molar-refractivity contribution in [3.63, 3.8) is 0 Å². The molecule has 182 valence electrons. The van der Waals surface area contributed by atoms with Gasteiger partial charge < -0.3 is 15.4 Å².